The number of halogens is 6. The fourth-order valence-corrected chi connectivity index (χ4v) is 5.94. The zero-order chi connectivity index (χ0) is 31.5. The standard InChI is InChI=1S/C34H37F6NO2/c1-21(2)14-30(22(3)42)28-17-26(24-8-10-29(11-9-24)33(35,36)37)16-27(18-28)25-6-5-13-41(20-25)19-23-7-12-32(43-4)31(15-23)34(38,39)40/h7-12,15-18,21,25,30H,5-6,13-14,19-20H2,1-4H3. The smallest absolute Gasteiger partial charge is 0.419 e. The van der Waals surface area contributed by atoms with Gasteiger partial charge in [-0.1, -0.05) is 50.2 Å². The van der Waals surface area contributed by atoms with Crippen LogP contribution in [0.15, 0.2) is 60.7 Å². The van der Waals surface area contributed by atoms with Crippen LogP contribution in [0.2, 0.25) is 0 Å². The predicted molar refractivity (Wildman–Crippen MR) is 155 cm³/mol. The monoisotopic (exact) mass is 605 g/mol. The molecule has 3 aromatic rings. The number of hydrogen-bond acceptors (Lipinski definition) is 3. The van der Waals surface area contributed by atoms with Crippen molar-refractivity contribution in [2.75, 3.05) is 20.2 Å². The maximum atomic E-state index is 13.6. The van der Waals surface area contributed by atoms with Crippen molar-refractivity contribution in [1.82, 2.24) is 4.90 Å². The molecule has 1 aliphatic rings. The molecule has 1 fully saturated rings. The summed E-state index contributed by atoms with van der Waals surface area (Å²) in [6.45, 7) is 7.29. The van der Waals surface area contributed by atoms with Gasteiger partial charge in [-0.05, 0) is 96.6 Å². The number of alkyl halides is 6. The summed E-state index contributed by atoms with van der Waals surface area (Å²) in [7, 11) is 1.21. The van der Waals surface area contributed by atoms with Crippen LogP contribution in [-0.2, 0) is 23.7 Å². The number of ketones is 1. The fourth-order valence-electron chi connectivity index (χ4n) is 5.94. The molecule has 232 valence electrons. The normalized spacial score (nSPS) is 17.2. The van der Waals surface area contributed by atoms with Gasteiger partial charge < -0.3 is 4.74 Å². The molecular formula is C34H37F6NO2. The third-order valence-electron chi connectivity index (χ3n) is 8.08. The Kier molecular flexibility index (Phi) is 9.94. The Balaban J connectivity index is 1.67. The van der Waals surface area contributed by atoms with Crippen LogP contribution in [0.3, 0.4) is 0 Å². The van der Waals surface area contributed by atoms with Crippen molar-refractivity contribution in [3.63, 3.8) is 0 Å². The van der Waals surface area contributed by atoms with Crippen molar-refractivity contribution in [3.05, 3.63) is 88.5 Å². The van der Waals surface area contributed by atoms with E-state index in [1.165, 1.54) is 25.3 Å². The molecule has 2 unspecified atom stereocenters. The van der Waals surface area contributed by atoms with E-state index in [9.17, 15) is 31.1 Å². The molecule has 3 aromatic carbocycles. The average molecular weight is 606 g/mol. The van der Waals surface area contributed by atoms with Crippen molar-refractivity contribution in [2.24, 2.45) is 5.92 Å². The number of methoxy groups -OCH3 is 1. The van der Waals surface area contributed by atoms with Crippen molar-refractivity contribution in [2.45, 2.75) is 70.8 Å². The number of ether oxygens (including phenoxy) is 1. The molecule has 0 saturated carbocycles. The largest absolute Gasteiger partial charge is 0.496 e. The number of nitrogens with zero attached hydrogens (tertiary/aromatic N) is 1. The first kappa shape index (κ1) is 32.6. The first-order valence-electron chi connectivity index (χ1n) is 14.4. The van der Waals surface area contributed by atoms with E-state index in [1.54, 1.807) is 13.0 Å². The number of Topliss-reactive ketones (excluding diaryl/α,β-unsaturated/α-hetero) is 1. The lowest BCUT2D eigenvalue weighted by molar-refractivity contribution is -0.139. The number of benzene rings is 3. The van der Waals surface area contributed by atoms with E-state index in [1.807, 2.05) is 32.0 Å². The predicted octanol–water partition coefficient (Wildman–Crippen LogP) is 9.50. The molecule has 0 radical (unpaired) electrons. The molecule has 1 aliphatic heterocycles. The van der Waals surface area contributed by atoms with E-state index in [4.69, 9.17) is 4.74 Å². The molecule has 2 atom stereocenters. The van der Waals surface area contributed by atoms with E-state index in [-0.39, 0.29) is 29.3 Å². The number of likely N-dealkylation sites (tertiary alicyclic amines) is 1. The Bertz CT molecular complexity index is 1410. The summed E-state index contributed by atoms with van der Waals surface area (Å²) in [5.41, 5.74) is 2.14. The van der Waals surface area contributed by atoms with Gasteiger partial charge in [0, 0.05) is 19.0 Å². The molecule has 9 heteroatoms. The zero-order valence-electron chi connectivity index (χ0n) is 24.8. The lowest BCUT2D eigenvalue weighted by Crippen LogP contribution is -2.34. The van der Waals surface area contributed by atoms with Gasteiger partial charge >= 0.3 is 12.4 Å². The first-order chi connectivity index (χ1) is 20.2. The average Bonchev–Trinajstić information content (AvgIpc) is 2.94. The van der Waals surface area contributed by atoms with Gasteiger partial charge in [0.25, 0.3) is 0 Å². The van der Waals surface area contributed by atoms with Crippen LogP contribution >= 0.6 is 0 Å². The summed E-state index contributed by atoms with van der Waals surface area (Å²) in [5.74, 6) is -0.263. The maximum absolute atomic E-state index is 13.6. The van der Waals surface area contributed by atoms with Crippen LogP contribution in [0.4, 0.5) is 26.3 Å². The van der Waals surface area contributed by atoms with Crippen LogP contribution in [0.5, 0.6) is 5.75 Å². The number of carbonyl (C=O) groups excluding carboxylic acids is 1. The summed E-state index contributed by atoms with van der Waals surface area (Å²) >= 11 is 0. The summed E-state index contributed by atoms with van der Waals surface area (Å²) in [6.07, 6.45) is -6.67. The Morgan fingerprint density at radius 3 is 2.21 bits per heavy atom. The van der Waals surface area contributed by atoms with Crippen molar-refractivity contribution in [3.8, 4) is 16.9 Å². The highest BCUT2D eigenvalue weighted by molar-refractivity contribution is 5.84. The highest BCUT2D eigenvalue weighted by atomic mass is 19.4. The quantitative estimate of drug-likeness (QED) is 0.228. The molecule has 0 amide bonds. The van der Waals surface area contributed by atoms with Gasteiger partial charge in [-0.3, -0.25) is 9.69 Å². The summed E-state index contributed by atoms with van der Waals surface area (Å²) in [5, 5.41) is 0. The van der Waals surface area contributed by atoms with E-state index in [0.717, 1.165) is 54.3 Å². The van der Waals surface area contributed by atoms with Crippen LogP contribution in [0.25, 0.3) is 11.1 Å². The second-order valence-electron chi connectivity index (χ2n) is 11.9. The summed E-state index contributed by atoms with van der Waals surface area (Å²) in [6, 6.07) is 15.0. The fraction of sp³-hybridized carbons (Fsp3) is 0.441. The maximum Gasteiger partial charge on any atom is 0.419 e. The summed E-state index contributed by atoms with van der Waals surface area (Å²) in [4.78, 5) is 14.9. The van der Waals surface area contributed by atoms with E-state index in [0.29, 0.717) is 30.6 Å². The van der Waals surface area contributed by atoms with E-state index in [2.05, 4.69) is 4.90 Å². The van der Waals surface area contributed by atoms with Crippen LogP contribution in [0, 0.1) is 5.92 Å². The second kappa shape index (κ2) is 13.1. The van der Waals surface area contributed by atoms with Gasteiger partial charge in [-0.25, -0.2) is 0 Å². The van der Waals surface area contributed by atoms with Crippen molar-refractivity contribution >= 4 is 5.78 Å². The van der Waals surface area contributed by atoms with Gasteiger partial charge in [-0.15, -0.1) is 0 Å². The third kappa shape index (κ3) is 8.19. The minimum absolute atomic E-state index is 0.0227. The van der Waals surface area contributed by atoms with Gasteiger partial charge in [0.15, 0.2) is 0 Å². The first-order valence-corrected chi connectivity index (χ1v) is 14.4. The van der Waals surface area contributed by atoms with E-state index >= 15 is 0 Å². The number of hydrogen-bond donors (Lipinski definition) is 0. The van der Waals surface area contributed by atoms with E-state index < -0.39 is 23.5 Å². The Hall–Kier alpha value is -3.33. The van der Waals surface area contributed by atoms with Crippen LogP contribution in [0.1, 0.15) is 79.7 Å². The molecule has 1 saturated heterocycles. The van der Waals surface area contributed by atoms with Crippen molar-refractivity contribution in [1.29, 1.82) is 0 Å². The molecule has 0 N–H and O–H groups in total. The number of rotatable bonds is 9. The second-order valence-corrected chi connectivity index (χ2v) is 11.9. The number of carbonyl (C=O) groups is 1. The Labute approximate surface area is 248 Å². The SMILES string of the molecule is COc1ccc(CN2CCCC(c3cc(-c4ccc(C(F)(F)F)cc4)cc(C(CC(C)C)C(C)=O)c3)C2)cc1C(F)(F)F. The van der Waals surface area contributed by atoms with Gasteiger partial charge in [-0.2, -0.15) is 26.3 Å². The summed E-state index contributed by atoms with van der Waals surface area (Å²) < 4.78 is 85.4. The molecule has 43 heavy (non-hydrogen) atoms. The molecule has 0 spiro atoms. The zero-order valence-corrected chi connectivity index (χ0v) is 24.8. The topological polar surface area (TPSA) is 29.5 Å². The lowest BCUT2D eigenvalue weighted by Gasteiger charge is -2.34. The molecule has 3 nitrogen and oxygen atoms in total. The minimum Gasteiger partial charge on any atom is -0.496 e. The van der Waals surface area contributed by atoms with Gasteiger partial charge in [0.05, 0.1) is 18.2 Å². The highest BCUT2D eigenvalue weighted by Crippen LogP contribution is 2.39. The molecule has 0 aromatic heterocycles. The molecule has 0 aliphatic carbocycles. The molecular weight excluding hydrogens is 568 g/mol. The molecule has 1 heterocycles. The Morgan fingerprint density at radius 2 is 1.63 bits per heavy atom. The third-order valence-corrected chi connectivity index (χ3v) is 8.08. The van der Waals surface area contributed by atoms with Gasteiger partial charge in [0.1, 0.15) is 11.5 Å². The molecule has 0 bridgehead atoms. The van der Waals surface area contributed by atoms with Crippen LogP contribution in [-0.4, -0.2) is 30.9 Å². The number of piperidine rings is 1. The van der Waals surface area contributed by atoms with Crippen LogP contribution < -0.4 is 4.74 Å². The lowest BCUT2D eigenvalue weighted by atomic mass is 9.82. The Morgan fingerprint density at radius 1 is 0.930 bits per heavy atom. The molecule has 4 rings (SSSR count). The van der Waals surface area contributed by atoms with Gasteiger partial charge in [0.2, 0.25) is 0 Å². The van der Waals surface area contributed by atoms with Crippen molar-refractivity contribution < 1.29 is 35.9 Å². The minimum atomic E-state index is -4.54. The highest BCUT2D eigenvalue weighted by Gasteiger charge is 2.35.